The van der Waals surface area contributed by atoms with Gasteiger partial charge in [-0.3, -0.25) is 10.1 Å². The second-order valence-corrected chi connectivity index (χ2v) is 5.54. The summed E-state index contributed by atoms with van der Waals surface area (Å²) in [4.78, 5) is 26.6. The summed E-state index contributed by atoms with van der Waals surface area (Å²) >= 11 is 0. The Bertz CT molecular complexity index is 772. The number of anilines is 1. The average Bonchev–Trinajstić information content (AvgIpc) is 2.70. The average molecular weight is 375 g/mol. The molecule has 0 saturated heterocycles. The molecule has 1 heterocycles. The molecular formula is C18H21N3O6. The van der Waals surface area contributed by atoms with Crippen LogP contribution in [0.15, 0.2) is 36.5 Å². The Kier molecular flexibility index (Phi) is 6.93. The number of nitrogens with one attached hydrogen (secondary N) is 1. The maximum absolute atomic E-state index is 12.5. The zero-order valence-corrected chi connectivity index (χ0v) is 15.3. The van der Waals surface area contributed by atoms with Crippen molar-refractivity contribution in [2.75, 3.05) is 26.1 Å². The van der Waals surface area contributed by atoms with E-state index in [0.29, 0.717) is 23.7 Å². The van der Waals surface area contributed by atoms with E-state index in [2.05, 4.69) is 10.3 Å². The maximum Gasteiger partial charge on any atom is 0.345 e. The highest BCUT2D eigenvalue weighted by atomic mass is 16.6. The van der Waals surface area contributed by atoms with Crippen molar-refractivity contribution in [1.82, 2.24) is 4.98 Å². The van der Waals surface area contributed by atoms with Gasteiger partial charge in [-0.2, -0.15) is 0 Å². The van der Waals surface area contributed by atoms with Crippen LogP contribution in [-0.4, -0.2) is 42.7 Å². The second-order valence-electron chi connectivity index (χ2n) is 5.54. The number of nitrogens with zero attached hydrogens (tertiary/aromatic N) is 2. The minimum Gasteiger partial charge on any atom is -0.496 e. The molecule has 0 fully saturated rings. The van der Waals surface area contributed by atoms with Gasteiger partial charge in [-0.05, 0) is 24.6 Å². The number of hydrogen-bond donors (Lipinski definition) is 1. The minimum absolute atomic E-state index is 0.0786. The fourth-order valence-electron chi connectivity index (χ4n) is 2.35. The van der Waals surface area contributed by atoms with Gasteiger partial charge in [0.15, 0.2) is 0 Å². The fraction of sp³-hybridized carbons (Fsp3) is 0.333. The number of carbonyl (C=O) groups is 1. The van der Waals surface area contributed by atoms with E-state index in [0.717, 1.165) is 0 Å². The van der Waals surface area contributed by atoms with Crippen molar-refractivity contribution in [3.05, 3.63) is 52.2 Å². The molecule has 144 valence electrons. The highest BCUT2D eigenvalue weighted by Crippen LogP contribution is 2.29. The van der Waals surface area contributed by atoms with Gasteiger partial charge in [0, 0.05) is 6.07 Å². The van der Waals surface area contributed by atoms with Gasteiger partial charge in [0.05, 0.1) is 25.2 Å². The molecule has 1 aromatic carbocycles. The number of pyridine rings is 1. The van der Waals surface area contributed by atoms with E-state index in [9.17, 15) is 14.9 Å². The number of carbonyl (C=O) groups excluding carboxylic acids is 1. The Labute approximate surface area is 156 Å². The molecule has 2 aromatic rings. The molecule has 9 heteroatoms. The van der Waals surface area contributed by atoms with Crippen molar-refractivity contribution in [2.24, 2.45) is 0 Å². The summed E-state index contributed by atoms with van der Waals surface area (Å²) in [6, 6.07) is 7.65. The van der Waals surface area contributed by atoms with Crippen molar-refractivity contribution in [1.29, 1.82) is 0 Å². The summed E-state index contributed by atoms with van der Waals surface area (Å²) in [6.45, 7) is 2.00. The third-order valence-corrected chi connectivity index (χ3v) is 3.85. The summed E-state index contributed by atoms with van der Waals surface area (Å²) < 4.78 is 15.8. The molecule has 0 spiro atoms. The molecule has 1 unspecified atom stereocenters. The zero-order chi connectivity index (χ0) is 19.8. The predicted molar refractivity (Wildman–Crippen MR) is 98.4 cm³/mol. The predicted octanol–water partition coefficient (Wildman–Crippen LogP) is 3.05. The number of rotatable bonds is 9. The fourth-order valence-corrected chi connectivity index (χ4v) is 2.35. The smallest absolute Gasteiger partial charge is 0.345 e. The number of benzene rings is 1. The van der Waals surface area contributed by atoms with Crippen LogP contribution in [0.25, 0.3) is 0 Å². The first kappa shape index (κ1) is 20.0. The first-order valence-electron chi connectivity index (χ1n) is 8.25. The van der Waals surface area contributed by atoms with Crippen molar-refractivity contribution in [3.63, 3.8) is 0 Å². The highest BCUT2D eigenvalue weighted by Gasteiger charge is 2.21. The molecule has 1 aromatic heterocycles. The first-order valence-corrected chi connectivity index (χ1v) is 8.25. The molecule has 1 N–H and O–H groups in total. The van der Waals surface area contributed by atoms with Gasteiger partial charge in [0.1, 0.15) is 35.7 Å². The van der Waals surface area contributed by atoms with E-state index in [1.54, 1.807) is 18.2 Å². The van der Waals surface area contributed by atoms with Gasteiger partial charge in [-0.25, -0.2) is 9.78 Å². The lowest BCUT2D eigenvalue weighted by Gasteiger charge is -2.18. The van der Waals surface area contributed by atoms with Crippen LogP contribution in [0.2, 0.25) is 0 Å². The lowest BCUT2D eigenvalue weighted by molar-refractivity contribution is -0.385. The molecule has 0 aliphatic carbocycles. The molecule has 0 radical (unpaired) electrons. The second kappa shape index (κ2) is 9.37. The van der Waals surface area contributed by atoms with E-state index in [4.69, 9.17) is 14.2 Å². The Morgan fingerprint density at radius 2 is 1.89 bits per heavy atom. The molecule has 0 aliphatic rings. The summed E-state index contributed by atoms with van der Waals surface area (Å²) in [6.07, 6.45) is 1.82. The van der Waals surface area contributed by atoms with Crippen LogP contribution in [-0.2, 0) is 4.74 Å². The van der Waals surface area contributed by atoms with E-state index < -0.39 is 10.9 Å². The molecule has 2 rings (SSSR count). The van der Waals surface area contributed by atoms with Crippen molar-refractivity contribution >= 4 is 17.5 Å². The molecule has 27 heavy (non-hydrogen) atoms. The number of methoxy groups -OCH3 is 2. The lowest BCUT2D eigenvalue weighted by Crippen LogP contribution is -2.27. The van der Waals surface area contributed by atoms with E-state index >= 15 is 0 Å². The molecule has 1 atom stereocenters. The maximum atomic E-state index is 12.5. The van der Waals surface area contributed by atoms with Crippen LogP contribution >= 0.6 is 0 Å². The topological polar surface area (TPSA) is 113 Å². The summed E-state index contributed by atoms with van der Waals surface area (Å²) in [5.74, 6) is 0.606. The summed E-state index contributed by atoms with van der Waals surface area (Å²) in [5.41, 5.74) is 0.120. The Balaban J connectivity index is 2.03. The van der Waals surface area contributed by atoms with Crippen LogP contribution in [0.4, 0.5) is 11.5 Å². The number of nitro groups is 1. The van der Waals surface area contributed by atoms with Gasteiger partial charge < -0.3 is 19.5 Å². The van der Waals surface area contributed by atoms with Gasteiger partial charge in [-0.15, -0.1) is 0 Å². The molecule has 0 bridgehead atoms. The number of hydrogen-bond acceptors (Lipinski definition) is 8. The molecular weight excluding hydrogens is 354 g/mol. The summed E-state index contributed by atoms with van der Waals surface area (Å²) in [7, 11) is 2.92. The number of esters is 1. The van der Waals surface area contributed by atoms with Crippen LogP contribution in [0.3, 0.4) is 0 Å². The number of ether oxygens (including phenoxy) is 3. The minimum atomic E-state index is -0.568. The van der Waals surface area contributed by atoms with Crippen LogP contribution in [0.5, 0.6) is 11.5 Å². The molecule has 0 aliphatic heterocycles. The van der Waals surface area contributed by atoms with Gasteiger partial charge in [0.2, 0.25) is 0 Å². The third kappa shape index (κ3) is 5.06. The van der Waals surface area contributed by atoms with Crippen LogP contribution < -0.4 is 14.8 Å². The molecule has 9 nitrogen and oxygen atoms in total. The first-order chi connectivity index (χ1) is 13.0. The van der Waals surface area contributed by atoms with Crippen molar-refractivity contribution in [3.8, 4) is 11.5 Å². The standard InChI is InChI=1S/C18H21N3O6/c1-4-12(20-16-9-8-13(10-19-16)21(23)24)11-27-18(22)17-14(25-2)6-5-7-15(17)26-3/h5-10,12H,4,11H2,1-3H3,(H,19,20). The third-order valence-electron chi connectivity index (χ3n) is 3.85. The Hall–Kier alpha value is -3.36. The largest absolute Gasteiger partial charge is 0.496 e. The van der Waals surface area contributed by atoms with Crippen molar-refractivity contribution in [2.45, 2.75) is 19.4 Å². The monoisotopic (exact) mass is 375 g/mol. The van der Waals surface area contributed by atoms with E-state index in [1.807, 2.05) is 6.92 Å². The van der Waals surface area contributed by atoms with Crippen LogP contribution in [0, 0.1) is 10.1 Å². The molecule has 0 saturated carbocycles. The SMILES string of the molecule is CCC(COC(=O)c1c(OC)cccc1OC)Nc1ccc([N+](=O)[O-])cn1. The van der Waals surface area contributed by atoms with Gasteiger partial charge in [-0.1, -0.05) is 13.0 Å². The van der Waals surface area contributed by atoms with E-state index in [1.165, 1.54) is 32.5 Å². The zero-order valence-electron chi connectivity index (χ0n) is 15.3. The number of aromatic nitrogens is 1. The molecule has 0 amide bonds. The van der Waals surface area contributed by atoms with Gasteiger partial charge in [0.25, 0.3) is 5.69 Å². The highest BCUT2D eigenvalue weighted by molar-refractivity contribution is 5.95. The summed E-state index contributed by atoms with van der Waals surface area (Å²) in [5, 5.41) is 13.8. The Morgan fingerprint density at radius 3 is 2.37 bits per heavy atom. The van der Waals surface area contributed by atoms with Crippen molar-refractivity contribution < 1.29 is 23.9 Å². The Morgan fingerprint density at radius 1 is 1.22 bits per heavy atom. The quantitative estimate of drug-likeness (QED) is 0.404. The van der Waals surface area contributed by atoms with Gasteiger partial charge >= 0.3 is 5.97 Å². The van der Waals surface area contributed by atoms with Crippen LogP contribution in [0.1, 0.15) is 23.7 Å². The lowest BCUT2D eigenvalue weighted by atomic mass is 10.1. The normalized spacial score (nSPS) is 11.4. The van der Waals surface area contributed by atoms with E-state index in [-0.39, 0.29) is 23.9 Å².